The van der Waals surface area contributed by atoms with Crippen molar-refractivity contribution in [1.82, 2.24) is 5.32 Å². The van der Waals surface area contributed by atoms with Crippen molar-refractivity contribution in [3.63, 3.8) is 0 Å². The topological polar surface area (TPSA) is 110 Å². The summed E-state index contributed by atoms with van der Waals surface area (Å²) < 4.78 is 0. The minimum Gasteiger partial charge on any atom is -0.480 e. The van der Waals surface area contributed by atoms with Crippen LogP contribution in [-0.4, -0.2) is 27.9 Å². The van der Waals surface area contributed by atoms with Gasteiger partial charge in [0.25, 0.3) is 5.69 Å². The van der Waals surface area contributed by atoms with E-state index in [0.717, 1.165) is 6.08 Å². The molecule has 106 valence electrons. The first-order chi connectivity index (χ1) is 9.43. The van der Waals surface area contributed by atoms with Crippen molar-refractivity contribution >= 4 is 23.6 Å². The SMILES string of the molecule is CC[C@H](NC(=O)/C=C/c1cccc([N+](=O)[O-])c1)C(=O)O. The molecule has 0 bridgehead atoms. The van der Waals surface area contributed by atoms with Crippen molar-refractivity contribution in [3.05, 3.63) is 46.0 Å². The number of benzene rings is 1. The zero-order valence-corrected chi connectivity index (χ0v) is 10.8. The van der Waals surface area contributed by atoms with E-state index < -0.39 is 22.8 Å². The highest BCUT2D eigenvalue weighted by Crippen LogP contribution is 2.13. The van der Waals surface area contributed by atoms with Crippen molar-refractivity contribution in [3.8, 4) is 0 Å². The van der Waals surface area contributed by atoms with Gasteiger partial charge in [-0.1, -0.05) is 19.1 Å². The van der Waals surface area contributed by atoms with Crippen LogP contribution in [0.5, 0.6) is 0 Å². The Morgan fingerprint density at radius 3 is 2.75 bits per heavy atom. The predicted octanol–water partition coefficient (Wildman–Crippen LogP) is 1.59. The molecule has 0 saturated carbocycles. The summed E-state index contributed by atoms with van der Waals surface area (Å²) in [7, 11) is 0. The molecule has 0 aromatic heterocycles. The second-order valence-electron chi connectivity index (χ2n) is 3.99. The van der Waals surface area contributed by atoms with Crippen LogP contribution < -0.4 is 5.32 Å². The molecule has 7 nitrogen and oxygen atoms in total. The average molecular weight is 278 g/mol. The van der Waals surface area contributed by atoms with Gasteiger partial charge in [-0.15, -0.1) is 0 Å². The number of carbonyl (C=O) groups is 2. The monoisotopic (exact) mass is 278 g/mol. The van der Waals surface area contributed by atoms with Gasteiger partial charge in [0.2, 0.25) is 5.91 Å². The number of aliphatic carboxylic acids is 1. The Hall–Kier alpha value is -2.70. The molecule has 0 spiro atoms. The van der Waals surface area contributed by atoms with Crippen LogP contribution in [0.25, 0.3) is 6.08 Å². The highest BCUT2D eigenvalue weighted by molar-refractivity contribution is 5.94. The van der Waals surface area contributed by atoms with E-state index in [-0.39, 0.29) is 12.1 Å². The zero-order chi connectivity index (χ0) is 15.1. The van der Waals surface area contributed by atoms with E-state index in [4.69, 9.17) is 5.11 Å². The number of nitrogens with zero attached hydrogens (tertiary/aromatic N) is 1. The minimum atomic E-state index is -1.11. The van der Waals surface area contributed by atoms with Gasteiger partial charge in [-0.3, -0.25) is 14.9 Å². The summed E-state index contributed by atoms with van der Waals surface area (Å²) in [6, 6.07) is 4.82. The first kappa shape index (κ1) is 15.4. The van der Waals surface area contributed by atoms with Crippen LogP contribution in [0.4, 0.5) is 5.69 Å². The molecule has 20 heavy (non-hydrogen) atoms. The van der Waals surface area contributed by atoms with Gasteiger partial charge < -0.3 is 10.4 Å². The predicted molar refractivity (Wildman–Crippen MR) is 72.0 cm³/mol. The molecular weight excluding hydrogens is 264 g/mol. The second-order valence-corrected chi connectivity index (χ2v) is 3.99. The van der Waals surface area contributed by atoms with Crippen molar-refractivity contribution < 1.29 is 19.6 Å². The molecule has 0 aliphatic heterocycles. The molecule has 0 radical (unpaired) electrons. The van der Waals surface area contributed by atoms with E-state index in [9.17, 15) is 19.7 Å². The number of nitrogens with one attached hydrogen (secondary N) is 1. The van der Waals surface area contributed by atoms with Crippen molar-refractivity contribution in [2.45, 2.75) is 19.4 Å². The van der Waals surface area contributed by atoms with Crippen molar-refractivity contribution in [1.29, 1.82) is 0 Å². The van der Waals surface area contributed by atoms with E-state index in [1.54, 1.807) is 13.0 Å². The quantitative estimate of drug-likeness (QED) is 0.466. The molecule has 0 heterocycles. The molecule has 0 saturated heterocycles. The molecule has 1 rings (SSSR count). The van der Waals surface area contributed by atoms with Gasteiger partial charge >= 0.3 is 5.97 Å². The van der Waals surface area contributed by atoms with Gasteiger partial charge in [0.05, 0.1) is 4.92 Å². The number of carboxylic acid groups (broad SMARTS) is 1. The fourth-order valence-electron chi connectivity index (χ4n) is 1.47. The number of carboxylic acids is 1. The number of hydrogen-bond acceptors (Lipinski definition) is 4. The summed E-state index contributed by atoms with van der Waals surface area (Å²) in [5.41, 5.74) is 0.405. The van der Waals surface area contributed by atoms with E-state index in [1.807, 2.05) is 0 Å². The van der Waals surface area contributed by atoms with Gasteiger partial charge in [0.15, 0.2) is 0 Å². The average Bonchev–Trinajstić information content (AvgIpc) is 2.42. The van der Waals surface area contributed by atoms with Crippen molar-refractivity contribution in [2.24, 2.45) is 0 Å². The fraction of sp³-hybridized carbons (Fsp3) is 0.231. The van der Waals surface area contributed by atoms with E-state index in [0.29, 0.717) is 5.56 Å². The molecule has 1 aromatic carbocycles. The summed E-state index contributed by atoms with van der Waals surface area (Å²) in [5.74, 6) is -1.67. The van der Waals surface area contributed by atoms with Crippen LogP contribution in [-0.2, 0) is 9.59 Å². The Morgan fingerprint density at radius 2 is 2.20 bits per heavy atom. The van der Waals surface area contributed by atoms with E-state index in [1.165, 1.54) is 24.3 Å². The lowest BCUT2D eigenvalue weighted by atomic mass is 10.2. The third-order valence-corrected chi connectivity index (χ3v) is 2.53. The molecule has 1 atom stereocenters. The maximum Gasteiger partial charge on any atom is 0.326 e. The highest BCUT2D eigenvalue weighted by atomic mass is 16.6. The van der Waals surface area contributed by atoms with Crippen molar-refractivity contribution in [2.75, 3.05) is 0 Å². The largest absolute Gasteiger partial charge is 0.480 e. The normalized spacial score (nSPS) is 12.1. The summed E-state index contributed by atoms with van der Waals surface area (Å²) in [6.45, 7) is 1.64. The van der Waals surface area contributed by atoms with Gasteiger partial charge in [0.1, 0.15) is 6.04 Å². The summed E-state index contributed by atoms with van der Waals surface area (Å²) in [6.07, 6.45) is 2.80. The van der Waals surface area contributed by atoms with Crippen LogP contribution in [0.15, 0.2) is 30.3 Å². The molecule has 0 aliphatic carbocycles. The lowest BCUT2D eigenvalue weighted by Crippen LogP contribution is -2.39. The first-order valence-electron chi connectivity index (χ1n) is 5.90. The Kier molecular flexibility index (Phi) is 5.40. The molecule has 0 fully saturated rings. The van der Waals surface area contributed by atoms with Crippen LogP contribution >= 0.6 is 0 Å². The minimum absolute atomic E-state index is 0.0791. The zero-order valence-electron chi connectivity index (χ0n) is 10.8. The molecular formula is C13H14N2O5. The smallest absolute Gasteiger partial charge is 0.326 e. The van der Waals surface area contributed by atoms with Crippen LogP contribution in [0.1, 0.15) is 18.9 Å². The lowest BCUT2D eigenvalue weighted by Gasteiger charge is -2.09. The third kappa shape index (κ3) is 4.52. The number of rotatable bonds is 6. The molecule has 0 aliphatic rings. The summed E-state index contributed by atoms with van der Waals surface area (Å²) in [5, 5.41) is 21.7. The maximum absolute atomic E-state index is 11.5. The summed E-state index contributed by atoms with van der Waals surface area (Å²) >= 11 is 0. The van der Waals surface area contributed by atoms with Crippen LogP contribution in [0, 0.1) is 10.1 Å². The highest BCUT2D eigenvalue weighted by Gasteiger charge is 2.15. The number of amides is 1. The number of non-ortho nitro benzene ring substituents is 1. The number of nitro benzene ring substituents is 1. The third-order valence-electron chi connectivity index (χ3n) is 2.53. The Bertz CT molecular complexity index is 553. The van der Waals surface area contributed by atoms with Gasteiger partial charge in [0, 0.05) is 18.2 Å². The van der Waals surface area contributed by atoms with Gasteiger partial charge in [-0.25, -0.2) is 4.79 Å². The Labute approximate surface area is 115 Å². The fourth-order valence-corrected chi connectivity index (χ4v) is 1.47. The van der Waals surface area contributed by atoms with Crippen LogP contribution in [0.3, 0.4) is 0 Å². The second kappa shape index (κ2) is 7.03. The molecule has 1 aromatic rings. The number of hydrogen-bond donors (Lipinski definition) is 2. The van der Waals surface area contributed by atoms with E-state index >= 15 is 0 Å². The van der Waals surface area contributed by atoms with Gasteiger partial charge in [-0.05, 0) is 18.1 Å². The molecule has 2 N–H and O–H groups in total. The molecule has 7 heteroatoms. The summed E-state index contributed by atoms with van der Waals surface area (Å²) in [4.78, 5) is 32.3. The standard InChI is InChI=1S/C13H14N2O5/c1-2-11(13(17)18)14-12(16)7-6-9-4-3-5-10(8-9)15(19)20/h3-8,11H,2H2,1H3,(H,14,16)(H,17,18)/b7-6+/t11-/m0/s1. The van der Waals surface area contributed by atoms with Crippen LogP contribution in [0.2, 0.25) is 0 Å². The lowest BCUT2D eigenvalue weighted by molar-refractivity contribution is -0.384. The van der Waals surface area contributed by atoms with Gasteiger partial charge in [-0.2, -0.15) is 0 Å². The Morgan fingerprint density at radius 1 is 1.50 bits per heavy atom. The Balaban J connectivity index is 2.72. The molecule has 0 unspecified atom stereocenters. The number of carbonyl (C=O) groups excluding carboxylic acids is 1. The molecule has 1 amide bonds. The number of nitro groups is 1. The van der Waals surface area contributed by atoms with E-state index in [2.05, 4.69) is 5.32 Å². The maximum atomic E-state index is 11.5. The first-order valence-corrected chi connectivity index (χ1v) is 5.90.